The molecule has 0 amide bonds. The van der Waals surface area contributed by atoms with Gasteiger partial charge in [0.05, 0.1) is 6.61 Å². The number of rotatable bonds is 4. The van der Waals surface area contributed by atoms with E-state index < -0.39 is 14.1 Å². The van der Waals surface area contributed by atoms with Crippen molar-refractivity contribution in [3.8, 4) is 0 Å². The van der Waals surface area contributed by atoms with Crippen LogP contribution in [0.5, 0.6) is 0 Å². The Kier molecular flexibility index (Phi) is 8.64. The molecule has 64 valence electrons. The van der Waals surface area contributed by atoms with Crippen molar-refractivity contribution in [2.45, 2.75) is 12.7 Å². The van der Waals surface area contributed by atoms with Gasteiger partial charge in [-0.25, -0.2) is 4.57 Å². The first-order valence-electron chi connectivity index (χ1n) is 2.48. The van der Waals surface area contributed by atoms with Gasteiger partial charge in [0.2, 0.25) is 0 Å². The Balaban J connectivity index is -0.000000405. The number of phosphoric ester groups is 1. The van der Waals surface area contributed by atoms with Gasteiger partial charge in [0.15, 0.2) is 6.29 Å². The van der Waals surface area contributed by atoms with Crippen LogP contribution < -0.4 is 29.6 Å². The summed E-state index contributed by atoms with van der Waals surface area (Å²) in [7, 11) is -4.44. The second-order valence-corrected chi connectivity index (χ2v) is 2.83. The Hall–Kier alpha value is 1.03. The molecule has 0 spiro atoms. The van der Waals surface area contributed by atoms with Crippen molar-refractivity contribution >= 4 is 7.82 Å². The van der Waals surface area contributed by atoms with Crippen LogP contribution in [-0.2, 0) is 9.09 Å². The zero-order valence-electron chi connectivity index (χ0n) is 7.04. The molecule has 4 N–H and O–H groups in total. The fraction of sp³-hybridized carbons (Fsp3) is 1.00. The molecule has 0 rings (SSSR count). The first kappa shape index (κ1) is 14.5. The molecule has 0 bridgehead atoms. The summed E-state index contributed by atoms with van der Waals surface area (Å²) in [4.78, 5) is 16.1. The van der Waals surface area contributed by atoms with Crippen molar-refractivity contribution in [1.29, 1.82) is 0 Å². The van der Waals surface area contributed by atoms with Gasteiger partial charge in [-0.2, -0.15) is 0 Å². The van der Waals surface area contributed by atoms with Gasteiger partial charge in [-0.05, 0) is 0 Å². The maximum Gasteiger partial charge on any atom is 1.00 e. The third-order valence-corrected chi connectivity index (χ3v) is 1.15. The second kappa shape index (κ2) is 6.54. The number of aliphatic hydroxyl groups excluding tert-OH is 1. The van der Waals surface area contributed by atoms with Gasteiger partial charge >= 0.3 is 37.4 Å². The summed E-state index contributed by atoms with van der Waals surface area (Å²) in [6.45, 7) is -0.373. The van der Waals surface area contributed by atoms with Crippen molar-refractivity contribution in [2.24, 2.45) is 0 Å². The third-order valence-electron chi connectivity index (χ3n) is 0.636. The van der Waals surface area contributed by atoms with Crippen LogP contribution in [0.25, 0.3) is 0 Å². The molecule has 0 radical (unpaired) electrons. The van der Waals surface area contributed by atoms with Gasteiger partial charge in [-0.3, -0.25) is 4.52 Å². The quantitative estimate of drug-likeness (QED) is 0.207. The molecule has 8 heteroatoms. The summed E-state index contributed by atoms with van der Waals surface area (Å²) < 4.78 is 13.8. The van der Waals surface area contributed by atoms with E-state index in [1.54, 1.807) is 0 Å². The topological polar surface area (TPSA) is 107 Å². The Morgan fingerprint density at radius 3 is 2.18 bits per heavy atom. The van der Waals surface area contributed by atoms with E-state index in [2.05, 4.69) is 4.52 Å². The van der Waals surface area contributed by atoms with Gasteiger partial charge in [0, 0.05) is 6.42 Å². The molecule has 0 aliphatic heterocycles. The predicted molar refractivity (Wildman–Crippen MR) is 32.0 cm³/mol. The standard InChI is InChI=1S/C3H9O6P.Na.H/c4-3(5)1-2-9-10(6,7)8;;/h3-5H,1-2H2,(H2,6,7,8);;/q;+1;-1. The van der Waals surface area contributed by atoms with Crippen LogP contribution in [0.2, 0.25) is 0 Å². The van der Waals surface area contributed by atoms with Gasteiger partial charge < -0.3 is 21.4 Å². The summed E-state index contributed by atoms with van der Waals surface area (Å²) in [5, 5.41) is 16.3. The summed E-state index contributed by atoms with van der Waals surface area (Å²) >= 11 is 0. The van der Waals surface area contributed by atoms with Gasteiger partial charge in [-0.1, -0.05) is 0 Å². The molecule has 0 aromatic carbocycles. The van der Waals surface area contributed by atoms with Crippen molar-refractivity contribution < 1.29 is 60.1 Å². The zero-order valence-corrected chi connectivity index (χ0v) is 8.94. The molecular formula is C3H10NaO6P. The Morgan fingerprint density at radius 1 is 1.45 bits per heavy atom. The molecule has 0 aliphatic rings. The minimum absolute atomic E-state index is 0. The molecule has 0 aromatic heterocycles. The van der Waals surface area contributed by atoms with E-state index in [1.165, 1.54) is 0 Å². The smallest absolute Gasteiger partial charge is 1.00 e. The summed E-state index contributed by atoms with van der Waals surface area (Å²) in [5.74, 6) is 0. The SMILES string of the molecule is O=P(O)(O)OCCC(O)O.[H-].[Na+]. The molecule has 0 aromatic rings. The fourth-order valence-corrected chi connectivity index (χ4v) is 0.620. The summed E-state index contributed by atoms with van der Waals surface area (Å²) in [6.07, 6.45) is -1.81. The molecule has 0 saturated heterocycles. The maximum atomic E-state index is 9.92. The Bertz CT molecular complexity index is 137. The van der Waals surface area contributed by atoms with Crippen LogP contribution in [0.3, 0.4) is 0 Å². The van der Waals surface area contributed by atoms with Crippen LogP contribution in [0.1, 0.15) is 7.85 Å². The van der Waals surface area contributed by atoms with E-state index in [-0.39, 0.29) is 44.0 Å². The predicted octanol–water partition coefficient (Wildman–Crippen LogP) is -4.09. The largest absolute Gasteiger partial charge is 1.00 e. The molecule has 0 atom stereocenters. The number of hydrogen-bond donors (Lipinski definition) is 4. The Labute approximate surface area is 87.2 Å². The first-order chi connectivity index (χ1) is 4.42. The van der Waals surface area contributed by atoms with E-state index in [9.17, 15) is 4.57 Å². The fourth-order valence-electron chi connectivity index (χ4n) is 0.277. The van der Waals surface area contributed by atoms with Crippen molar-refractivity contribution in [3.63, 3.8) is 0 Å². The van der Waals surface area contributed by atoms with Gasteiger partial charge in [0.25, 0.3) is 0 Å². The number of phosphoric acid groups is 1. The van der Waals surface area contributed by atoms with Crippen LogP contribution in [-0.4, -0.2) is 32.9 Å². The van der Waals surface area contributed by atoms with E-state index >= 15 is 0 Å². The number of hydrogen-bond acceptors (Lipinski definition) is 4. The average Bonchev–Trinajstić information content (AvgIpc) is 1.59. The molecular weight excluding hydrogens is 186 g/mol. The Morgan fingerprint density at radius 2 is 1.91 bits per heavy atom. The van der Waals surface area contributed by atoms with Gasteiger partial charge in [-0.15, -0.1) is 0 Å². The first-order valence-corrected chi connectivity index (χ1v) is 4.01. The van der Waals surface area contributed by atoms with Crippen molar-refractivity contribution in [1.82, 2.24) is 0 Å². The van der Waals surface area contributed by atoms with Crippen LogP contribution in [0, 0.1) is 0 Å². The van der Waals surface area contributed by atoms with E-state index in [4.69, 9.17) is 20.0 Å². The monoisotopic (exact) mass is 196 g/mol. The molecule has 0 saturated carbocycles. The van der Waals surface area contributed by atoms with Crippen LogP contribution in [0.4, 0.5) is 0 Å². The van der Waals surface area contributed by atoms with Crippen LogP contribution in [0.15, 0.2) is 0 Å². The molecule has 6 nitrogen and oxygen atoms in total. The molecule has 0 fully saturated rings. The third kappa shape index (κ3) is 13.9. The average molecular weight is 196 g/mol. The molecule has 0 aliphatic carbocycles. The summed E-state index contributed by atoms with van der Waals surface area (Å²) in [5.41, 5.74) is 0. The molecule has 11 heavy (non-hydrogen) atoms. The van der Waals surface area contributed by atoms with Crippen molar-refractivity contribution in [3.05, 3.63) is 0 Å². The minimum atomic E-state index is -4.44. The van der Waals surface area contributed by atoms with E-state index in [0.29, 0.717) is 0 Å². The molecule has 0 heterocycles. The van der Waals surface area contributed by atoms with Crippen molar-refractivity contribution in [2.75, 3.05) is 6.61 Å². The second-order valence-electron chi connectivity index (χ2n) is 1.59. The van der Waals surface area contributed by atoms with E-state index in [0.717, 1.165) is 0 Å². The molecule has 0 unspecified atom stereocenters. The normalized spacial score (nSPS) is 11.4. The zero-order chi connectivity index (χ0) is 8.20. The number of aliphatic hydroxyl groups is 2. The maximum absolute atomic E-state index is 9.92. The van der Waals surface area contributed by atoms with Crippen LogP contribution >= 0.6 is 7.82 Å². The van der Waals surface area contributed by atoms with E-state index in [1.807, 2.05) is 0 Å². The summed E-state index contributed by atoms with van der Waals surface area (Å²) in [6, 6.07) is 0. The minimum Gasteiger partial charge on any atom is -1.00 e. The van der Waals surface area contributed by atoms with Gasteiger partial charge in [0.1, 0.15) is 0 Å².